The second-order valence-electron chi connectivity index (χ2n) is 5.39. The summed E-state index contributed by atoms with van der Waals surface area (Å²) in [7, 11) is 0. The lowest BCUT2D eigenvalue weighted by Gasteiger charge is -2.23. The van der Waals surface area contributed by atoms with Gasteiger partial charge in [-0.3, -0.25) is 4.79 Å². The summed E-state index contributed by atoms with van der Waals surface area (Å²) in [4.78, 5) is 15.9. The largest absolute Gasteiger partial charge is 0.484 e. The number of hydrogen-bond donors (Lipinski definition) is 1. The number of nitrogens with zero attached hydrogens (tertiary/aromatic N) is 2. The van der Waals surface area contributed by atoms with Gasteiger partial charge in [0.15, 0.2) is 6.61 Å². The number of rotatable bonds is 5. The maximum atomic E-state index is 11.4. The first kappa shape index (κ1) is 14.8. The van der Waals surface area contributed by atoms with Gasteiger partial charge in [-0.15, -0.1) is 0 Å². The quantitative estimate of drug-likeness (QED) is 0.916. The maximum Gasteiger partial charge on any atom is 0.257 e. The molecule has 2 heterocycles. The van der Waals surface area contributed by atoms with Crippen molar-refractivity contribution in [1.29, 1.82) is 0 Å². The van der Waals surface area contributed by atoms with E-state index in [1.54, 1.807) is 0 Å². The third kappa shape index (κ3) is 3.22. The molecule has 0 radical (unpaired) electrons. The highest BCUT2D eigenvalue weighted by molar-refractivity contribution is 5.79. The molecule has 6 nitrogen and oxygen atoms in total. The van der Waals surface area contributed by atoms with E-state index in [0.717, 1.165) is 37.1 Å². The van der Waals surface area contributed by atoms with Gasteiger partial charge in [0.1, 0.15) is 5.75 Å². The average molecular weight is 303 g/mol. The highest BCUT2D eigenvalue weighted by Crippen LogP contribution is 2.27. The van der Waals surface area contributed by atoms with Crippen molar-refractivity contribution in [2.75, 3.05) is 26.4 Å². The Morgan fingerprint density at radius 2 is 2.27 bits per heavy atom. The molecule has 3 rings (SSSR count). The Labute approximate surface area is 129 Å². The molecular formula is C16H21N3O3. The van der Waals surface area contributed by atoms with E-state index in [1.165, 1.54) is 0 Å². The van der Waals surface area contributed by atoms with Gasteiger partial charge in [0.25, 0.3) is 5.91 Å². The molecule has 6 heteroatoms. The molecule has 1 saturated heterocycles. The van der Waals surface area contributed by atoms with Crippen LogP contribution in [0.4, 0.5) is 0 Å². The van der Waals surface area contributed by atoms with E-state index in [2.05, 4.69) is 14.9 Å². The standard InChI is InChI=1S/C16H21N3O3/c1-2-17-16(20)10-22-13-3-4-15-14(9-13)18-11-19(15)12-5-7-21-8-6-12/h3-4,9,11-12H,2,5-8,10H2,1H3,(H,17,20). The summed E-state index contributed by atoms with van der Waals surface area (Å²) in [6.07, 6.45) is 3.91. The zero-order chi connectivity index (χ0) is 15.4. The number of amides is 1. The molecule has 1 amide bonds. The fraction of sp³-hybridized carbons (Fsp3) is 0.500. The summed E-state index contributed by atoms with van der Waals surface area (Å²) in [5.74, 6) is 0.548. The van der Waals surface area contributed by atoms with Crippen LogP contribution in [0.1, 0.15) is 25.8 Å². The van der Waals surface area contributed by atoms with E-state index in [1.807, 2.05) is 31.5 Å². The van der Waals surface area contributed by atoms with Crippen molar-refractivity contribution in [3.05, 3.63) is 24.5 Å². The zero-order valence-corrected chi connectivity index (χ0v) is 12.7. The van der Waals surface area contributed by atoms with Crippen LogP contribution >= 0.6 is 0 Å². The summed E-state index contributed by atoms with van der Waals surface area (Å²) in [6.45, 7) is 4.12. The number of fused-ring (bicyclic) bond motifs is 1. The van der Waals surface area contributed by atoms with E-state index in [0.29, 0.717) is 18.3 Å². The number of carbonyl (C=O) groups excluding carboxylic acids is 1. The molecule has 0 unspecified atom stereocenters. The molecule has 0 spiro atoms. The molecule has 1 N–H and O–H groups in total. The Balaban J connectivity index is 1.73. The lowest BCUT2D eigenvalue weighted by Crippen LogP contribution is -2.28. The van der Waals surface area contributed by atoms with Crippen LogP contribution in [-0.2, 0) is 9.53 Å². The number of nitrogens with one attached hydrogen (secondary N) is 1. The van der Waals surface area contributed by atoms with Crippen molar-refractivity contribution in [2.24, 2.45) is 0 Å². The molecule has 1 aromatic carbocycles. The number of carbonyl (C=O) groups is 1. The zero-order valence-electron chi connectivity index (χ0n) is 12.7. The highest BCUT2D eigenvalue weighted by Gasteiger charge is 2.17. The summed E-state index contributed by atoms with van der Waals surface area (Å²) < 4.78 is 13.1. The van der Waals surface area contributed by atoms with Crippen molar-refractivity contribution in [2.45, 2.75) is 25.8 Å². The van der Waals surface area contributed by atoms with E-state index >= 15 is 0 Å². The number of benzene rings is 1. The van der Waals surface area contributed by atoms with Crippen molar-refractivity contribution in [3.8, 4) is 5.75 Å². The second kappa shape index (κ2) is 6.79. The minimum absolute atomic E-state index is 0.0278. The Bertz CT molecular complexity index is 647. The van der Waals surface area contributed by atoms with Gasteiger partial charge in [0.2, 0.25) is 0 Å². The molecule has 2 aromatic rings. The SMILES string of the molecule is CCNC(=O)COc1ccc2c(c1)ncn2C1CCOCC1. The molecule has 118 valence electrons. The number of aromatic nitrogens is 2. The number of hydrogen-bond acceptors (Lipinski definition) is 4. The van der Waals surface area contributed by atoms with Crippen LogP contribution in [0, 0.1) is 0 Å². The van der Waals surface area contributed by atoms with Crippen LogP contribution in [-0.4, -0.2) is 41.8 Å². The smallest absolute Gasteiger partial charge is 0.257 e. The van der Waals surface area contributed by atoms with E-state index in [4.69, 9.17) is 9.47 Å². The Hall–Kier alpha value is -2.08. The van der Waals surface area contributed by atoms with Crippen LogP contribution in [0.3, 0.4) is 0 Å². The molecule has 0 atom stereocenters. The molecular weight excluding hydrogens is 282 g/mol. The van der Waals surface area contributed by atoms with Crippen molar-refractivity contribution in [3.63, 3.8) is 0 Å². The average Bonchev–Trinajstić information content (AvgIpc) is 2.97. The molecule has 1 fully saturated rings. The van der Waals surface area contributed by atoms with Crippen molar-refractivity contribution in [1.82, 2.24) is 14.9 Å². The number of likely N-dealkylation sites (N-methyl/N-ethyl adjacent to an activating group) is 1. The summed E-state index contributed by atoms with van der Waals surface area (Å²) in [5.41, 5.74) is 1.98. The molecule has 1 aliphatic rings. The third-order valence-electron chi connectivity index (χ3n) is 3.87. The molecule has 0 bridgehead atoms. The molecule has 1 aliphatic heterocycles. The highest BCUT2D eigenvalue weighted by atomic mass is 16.5. The minimum atomic E-state index is -0.115. The Morgan fingerprint density at radius 3 is 3.05 bits per heavy atom. The van der Waals surface area contributed by atoms with Gasteiger partial charge in [-0.2, -0.15) is 0 Å². The Kier molecular flexibility index (Phi) is 4.58. The van der Waals surface area contributed by atoms with Gasteiger partial charge in [-0.25, -0.2) is 4.98 Å². The van der Waals surface area contributed by atoms with E-state index in [9.17, 15) is 4.79 Å². The van der Waals surface area contributed by atoms with Crippen LogP contribution < -0.4 is 10.1 Å². The summed E-state index contributed by atoms with van der Waals surface area (Å²) in [5, 5.41) is 2.70. The van der Waals surface area contributed by atoms with Gasteiger partial charge in [-0.1, -0.05) is 0 Å². The van der Waals surface area contributed by atoms with E-state index in [-0.39, 0.29) is 12.5 Å². The first-order chi connectivity index (χ1) is 10.8. The normalized spacial score (nSPS) is 15.9. The summed E-state index contributed by atoms with van der Waals surface area (Å²) in [6, 6.07) is 6.22. The fourth-order valence-electron chi connectivity index (χ4n) is 2.75. The first-order valence-corrected chi connectivity index (χ1v) is 7.71. The second-order valence-corrected chi connectivity index (χ2v) is 5.39. The Morgan fingerprint density at radius 1 is 1.45 bits per heavy atom. The topological polar surface area (TPSA) is 65.4 Å². The fourth-order valence-corrected chi connectivity index (χ4v) is 2.75. The predicted molar refractivity (Wildman–Crippen MR) is 83.0 cm³/mol. The lowest BCUT2D eigenvalue weighted by molar-refractivity contribution is -0.122. The summed E-state index contributed by atoms with van der Waals surface area (Å²) >= 11 is 0. The van der Waals surface area contributed by atoms with Gasteiger partial charge >= 0.3 is 0 Å². The maximum absolute atomic E-state index is 11.4. The molecule has 22 heavy (non-hydrogen) atoms. The number of imidazole rings is 1. The van der Waals surface area contributed by atoms with Gasteiger partial charge in [-0.05, 0) is 31.9 Å². The number of ether oxygens (including phenoxy) is 2. The van der Waals surface area contributed by atoms with Gasteiger partial charge in [0.05, 0.1) is 17.4 Å². The predicted octanol–water partition coefficient (Wildman–Crippen LogP) is 1.90. The first-order valence-electron chi connectivity index (χ1n) is 7.71. The monoisotopic (exact) mass is 303 g/mol. The third-order valence-corrected chi connectivity index (χ3v) is 3.87. The van der Waals surface area contributed by atoms with Crippen LogP contribution in [0.2, 0.25) is 0 Å². The minimum Gasteiger partial charge on any atom is -0.484 e. The van der Waals surface area contributed by atoms with Crippen molar-refractivity contribution >= 4 is 16.9 Å². The van der Waals surface area contributed by atoms with Crippen LogP contribution in [0.25, 0.3) is 11.0 Å². The van der Waals surface area contributed by atoms with Crippen molar-refractivity contribution < 1.29 is 14.3 Å². The van der Waals surface area contributed by atoms with Crippen LogP contribution in [0.5, 0.6) is 5.75 Å². The molecule has 1 aromatic heterocycles. The molecule has 0 saturated carbocycles. The molecule has 0 aliphatic carbocycles. The van der Waals surface area contributed by atoms with Gasteiger partial charge < -0.3 is 19.4 Å². The lowest BCUT2D eigenvalue weighted by atomic mass is 10.1. The van der Waals surface area contributed by atoms with Crippen LogP contribution in [0.15, 0.2) is 24.5 Å². The van der Waals surface area contributed by atoms with Gasteiger partial charge in [0, 0.05) is 31.9 Å². The van der Waals surface area contributed by atoms with E-state index < -0.39 is 0 Å².